The van der Waals surface area contributed by atoms with Gasteiger partial charge in [0, 0.05) is 54.8 Å². The average molecular weight is 554 g/mol. The highest BCUT2D eigenvalue weighted by Gasteiger charge is 2.15. The van der Waals surface area contributed by atoms with Crippen molar-refractivity contribution in [2.75, 3.05) is 40.0 Å². The minimum Gasteiger partial charge on any atom is -0.383 e. The average Bonchev–Trinajstić information content (AvgIpc) is 2.81. The number of rotatable bonds is 12. The van der Waals surface area contributed by atoms with Crippen LogP contribution in [0.5, 0.6) is 0 Å². The van der Waals surface area contributed by atoms with E-state index >= 15 is 0 Å². The van der Waals surface area contributed by atoms with E-state index in [1.54, 1.807) is 4.42 Å². The Morgan fingerprint density at radius 1 is 1.00 bits per heavy atom. The van der Waals surface area contributed by atoms with E-state index in [0.29, 0.717) is 13.1 Å². The zero-order valence-corrected chi connectivity index (χ0v) is 20.5. The summed E-state index contributed by atoms with van der Waals surface area (Å²) >= 11 is 8.78. The van der Waals surface area contributed by atoms with Crippen LogP contribution in [0.1, 0.15) is 18.9 Å². The summed E-state index contributed by atoms with van der Waals surface area (Å²) in [4.78, 5) is 8.88. The van der Waals surface area contributed by atoms with E-state index in [-0.39, 0.29) is 6.17 Å². The molecule has 3 rings (SSSR count). The first-order chi connectivity index (χ1) is 15.2. The summed E-state index contributed by atoms with van der Waals surface area (Å²) in [6, 6.07) is 8.08. The fraction of sp³-hybridized carbons (Fsp3) is 0.364. The number of nitrogens with zero attached hydrogens (tertiary/aromatic N) is 3. The van der Waals surface area contributed by atoms with E-state index in [1.165, 1.54) is 0 Å². The molecule has 9 heteroatoms. The van der Waals surface area contributed by atoms with Gasteiger partial charge in [-0.05, 0) is 41.8 Å². The summed E-state index contributed by atoms with van der Waals surface area (Å²) in [6.45, 7) is 5.33. The van der Waals surface area contributed by atoms with Gasteiger partial charge < -0.3 is 16.0 Å². The van der Waals surface area contributed by atoms with Crippen LogP contribution in [0.15, 0.2) is 60.6 Å². The van der Waals surface area contributed by atoms with Gasteiger partial charge in [0.25, 0.3) is 0 Å². The first-order valence-corrected chi connectivity index (χ1v) is 12.3. The van der Waals surface area contributed by atoms with Crippen LogP contribution in [-0.2, 0) is 6.54 Å². The Balaban J connectivity index is 1.43. The van der Waals surface area contributed by atoms with E-state index < -0.39 is 0 Å². The van der Waals surface area contributed by atoms with Crippen LogP contribution in [0.25, 0.3) is 0 Å². The van der Waals surface area contributed by atoms with Crippen LogP contribution < -0.4 is 21.3 Å². The zero-order chi connectivity index (χ0) is 21.9. The van der Waals surface area contributed by atoms with Crippen LogP contribution >= 0.6 is 34.4 Å². The number of aromatic nitrogens is 2. The number of anilines is 3. The smallest absolute Gasteiger partial charge is 0.126 e. The van der Waals surface area contributed by atoms with Crippen molar-refractivity contribution in [1.82, 2.24) is 19.7 Å². The van der Waals surface area contributed by atoms with Gasteiger partial charge in [-0.25, -0.2) is 9.97 Å². The van der Waals surface area contributed by atoms with E-state index in [9.17, 15) is 0 Å². The third-order valence-electron chi connectivity index (χ3n) is 4.60. The number of nitrogens with one attached hydrogen (secondary N) is 4. The van der Waals surface area contributed by atoms with Crippen molar-refractivity contribution in [3.8, 4) is 0 Å². The highest BCUT2D eigenvalue weighted by Crippen LogP contribution is 2.17. The minimum absolute atomic E-state index is 0.0790. The van der Waals surface area contributed by atoms with Gasteiger partial charge in [-0.2, -0.15) is 0 Å². The molecule has 0 aliphatic carbocycles. The maximum atomic E-state index is 6.44. The molecule has 1 aliphatic rings. The molecule has 2 aromatic rings. The van der Waals surface area contributed by atoms with Crippen molar-refractivity contribution in [3.63, 3.8) is 0 Å². The summed E-state index contributed by atoms with van der Waals surface area (Å²) in [7, 11) is 0. The van der Waals surface area contributed by atoms with Crippen molar-refractivity contribution in [2.24, 2.45) is 0 Å². The second-order valence-electron chi connectivity index (χ2n) is 7.11. The molecule has 0 saturated carbocycles. The third kappa shape index (κ3) is 7.86. The number of pyridine rings is 2. The van der Waals surface area contributed by atoms with Gasteiger partial charge in [-0.15, -0.1) is 0 Å². The molecule has 1 unspecified atom stereocenters. The molecule has 31 heavy (non-hydrogen) atoms. The minimum atomic E-state index is -0.0790. The first-order valence-electron chi connectivity index (χ1n) is 10.4. The lowest BCUT2D eigenvalue weighted by atomic mass is 10.2. The SMILES string of the molecule is CCCNc1ccc(CNC2C=CC(CNc3ccc(NCCI)cn3)=CN2Cl)cn1. The second-order valence-corrected chi connectivity index (χ2v) is 8.58. The summed E-state index contributed by atoms with van der Waals surface area (Å²) in [6.07, 6.45) is 10.8. The molecule has 1 atom stereocenters. The Hall–Kier alpha value is -2.04. The van der Waals surface area contributed by atoms with E-state index in [2.05, 4.69) is 79.0 Å². The van der Waals surface area contributed by atoms with Gasteiger partial charge in [0.05, 0.1) is 11.9 Å². The van der Waals surface area contributed by atoms with Crippen LogP contribution in [-0.4, -0.2) is 44.6 Å². The largest absolute Gasteiger partial charge is 0.383 e. The molecule has 0 bridgehead atoms. The second kappa shape index (κ2) is 12.7. The molecule has 7 nitrogen and oxygen atoms in total. The molecule has 1 aliphatic heterocycles. The van der Waals surface area contributed by atoms with E-state index in [1.807, 2.05) is 36.8 Å². The Labute approximate surface area is 203 Å². The predicted octanol–water partition coefficient (Wildman–Crippen LogP) is 4.58. The normalized spacial score (nSPS) is 15.5. The molecule has 0 aromatic carbocycles. The van der Waals surface area contributed by atoms with E-state index in [4.69, 9.17) is 11.8 Å². The number of hydrogen-bond donors (Lipinski definition) is 4. The summed E-state index contributed by atoms with van der Waals surface area (Å²) < 4.78 is 2.72. The summed E-state index contributed by atoms with van der Waals surface area (Å²) in [5, 5.41) is 13.4. The topological polar surface area (TPSA) is 77.1 Å². The number of alkyl halides is 1. The van der Waals surface area contributed by atoms with E-state index in [0.717, 1.165) is 52.4 Å². The standard InChI is InChI=1S/C22H29ClIN7/c1-2-10-26-20-6-3-17(12-27-20)13-30-22-8-4-18(16-31(22)23)14-28-21-7-5-19(15-29-21)25-11-9-24/h3-8,12,15-16,22,25,30H,2,9-11,13-14H2,1H3,(H,26,27)(H,28,29). The van der Waals surface area contributed by atoms with Crippen molar-refractivity contribution >= 4 is 51.7 Å². The highest BCUT2D eigenvalue weighted by atomic mass is 127. The monoisotopic (exact) mass is 553 g/mol. The number of halogens is 2. The maximum Gasteiger partial charge on any atom is 0.126 e. The lowest BCUT2D eigenvalue weighted by Crippen LogP contribution is -2.38. The van der Waals surface area contributed by atoms with Crippen LogP contribution in [0.2, 0.25) is 0 Å². The lowest BCUT2D eigenvalue weighted by molar-refractivity contribution is 0.409. The third-order valence-corrected chi connectivity index (χ3v) is 5.45. The van der Waals surface area contributed by atoms with Crippen LogP contribution in [0.3, 0.4) is 0 Å². The van der Waals surface area contributed by atoms with Crippen LogP contribution in [0.4, 0.5) is 17.3 Å². The first kappa shape index (κ1) is 23.6. The molecule has 0 fully saturated rings. The van der Waals surface area contributed by atoms with Crippen molar-refractivity contribution < 1.29 is 0 Å². The molecule has 4 N–H and O–H groups in total. The Morgan fingerprint density at radius 3 is 2.48 bits per heavy atom. The Morgan fingerprint density at radius 2 is 1.81 bits per heavy atom. The molecule has 166 valence electrons. The summed E-state index contributed by atoms with van der Waals surface area (Å²) in [5.74, 6) is 1.74. The van der Waals surface area contributed by atoms with Gasteiger partial charge in [-0.3, -0.25) is 9.74 Å². The van der Waals surface area contributed by atoms with Gasteiger partial charge in [0.1, 0.15) is 17.8 Å². The summed E-state index contributed by atoms with van der Waals surface area (Å²) in [5.41, 5.74) is 3.22. The highest BCUT2D eigenvalue weighted by molar-refractivity contribution is 14.1. The van der Waals surface area contributed by atoms with Gasteiger partial charge in [0.2, 0.25) is 0 Å². The van der Waals surface area contributed by atoms with Gasteiger partial charge >= 0.3 is 0 Å². The zero-order valence-electron chi connectivity index (χ0n) is 17.6. The van der Waals surface area contributed by atoms with Crippen LogP contribution in [0, 0.1) is 0 Å². The van der Waals surface area contributed by atoms with Crippen molar-refractivity contribution in [2.45, 2.75) is 26.1 Å². The van der Waals surface area contributed by atoms with Gasteiger partial charge in [-0.1, -0.05) is 41.7 Å². The Bertz CT molecular complexity index is 855. The molecule has 0 amide bonds. The molecular formula is C22H29ClIN7. The fourth-order valence-electron chi connectivity index (χ4n) is 2.93. The molecule has 0 radical (unpaired) electrons. The molecule has 0 spiro atoms. The Kier molecular flexibility index (Phi) is 9.70. The quantitative estimate of drug-likeness (QED) is 0.174. The van der Waals surface area contributed by atoms with Crippen molar-refractivity contribution in [1.29, 1.82) is 0 Å². The van der Waals surface area contributed by atoms with Crippen molar-refractivity contribution in [3.05, 3.63) is 66.1 Å². The predicted molar refractivity (Wildman–Crippen MR) is 139 cm³/mol. The van der Waals surface area contributed by atoms with Gasteiger partial charge in [0.15, 0.2) is 0 Å². The molecule has 2 aromatic heterocycles. The number of hydrogen-bond acceptors (Lipinski definition) is 7. The fourth-order valence-corrected chi connectivity index (χ4v) is 3.46. The lowest BCUT2D eigenvalue weighted by Gasteiger charge is -2.26. The maximum absolute atomic E-state index is 6.44. The molecule has 3 heterocycles. The molecular weight excluding hydrogens is 525 g/mol. The molecule has 0 saturated heterocycles.